The number of halogens is 3. The quantitative estimate of drug-likeness (QED) is 0.894. The molecule has 0 heterocycles. The predicted molar refractivity (Wildman–Crippen MR) is 62.3 cm³/mol. The average Bonchev–Trinajstić information content (AvgIpc) is 2.26. The van der Waals surface area contributed by atoms with Gasteiger partial charge in [0.2, 0.25) is 0 Å². The number of alkyl halides is 3. The third-order valence-corrected chi connectivity index (χ3v) is 4.46. The van der Waals surface area contributed by atoms with Crippen LogP contribution in [0.1, 0.15) is 12.8 Å². The Hall–Kier alpha value is -1.28. The molecule has 0 atom stereocenters. The first-order valence-corrected chi connectivity index (χ1v) is 7.04. The van der Waals surface area contributed by atoms with Gasteiger partial charge in [-0.25, -0.2) is 8.42 Å². The highest BCUT2D eigenvalue weighted by Gasteiger charge is 2.46. The molecule has 2 N–H and O–H groups in total. The maximum absolute atomic E-state index is 12.3. The molecule has 19 heavy (non-hydrogen) atoms. The molecule has 8 heteroatoms. The average molecular weight is 295 g/mol. The predicted octanol–water partition coefficient (Wildman–Crippen LogP) is 1.92. The molecule has 0 spiro atoms. The van der Waals surface area contributed by atoms with Crippen molar-refractivity contribution in [3.05, 3.63) is 24.3 Å². The van der Waals surface area contributed by atoms with Crippen molar-refractivity contribution < 1.29 is 26.7 Å². The van der Waals surface area contributed by atoms with Gasteiger partial charge >= 0.3 is 5.51 Å². The van der Waals surface area contributed by atoms with E-state index in [1.807, 2.05) is 0 Å². The van der Waals surface area contributed by atoms with Crippen LogP contribution < -0.4 is 5.32 Å². The Morgan fingerprint density at radius 1 is 1.16 bits per heavy atom. The van der Waals surface area contributed by atoms with Crippen LogP contribution in [0.25, 0.3) is 0 Å². The lowest BCUT2D eigenvalue weighted by Gasteiger charge is -2.32. The van der Waals surface area contributed by atoms with Crippen LogP contribution in [-0.4, -0.2) is 31.2 Å². The molecule has 1 saturated carbocycles. The van der Waals surface area contributed by atoms with E-state index in [0.717, 1.165) is 12.1 Å². The summed E-state index contributed by atoms with van der Waals surface area (Å²) in [6.45, 7) is 0. The van der Waals surface area contributed by atoms with Crippen molar-refractivity contribution in [1.29, 1.82) is 0 Å². The summed E-state index contributed by atoms with van der Waals surface area (Å²) in [6, 6.07) is 4.47. The third-order valence-electron chi connectivity index (χ3n) is 2.95. The van der Waals surface area contributed by atoms with Gasteiger partial charge in [0, 0.05) is 11.7 Å². The molecule has 1 aromatic rings. The second-order valence-electron chi connectivity index (χ2n) is 4.44. The molecule has 0 aliphatic heterocycles. The lowest BCUT2D eigenvalue weighted by Crippen LogP contribution is -2.38. The maximum atomic E-state index is 12.3. The molecular weight excluding hydrogens is 283 g/mol. The van der Waals surface area contributed by atoms with Gasteiger partial charge < -0.3 is 10.4 Å². The van der Waals surface area contributed by atoms with Gasteiger partial charge in [0.05, 0.1) is 11.0 Å². The van der Waals surface area contributed by atoms with E-state index in [1.54, 1.807) is 0 Å². The van der Waals surface area contributed by atoms with Crippen LogP contribution >= 0.6 is 0 Å². The van der Waals surface area contributed by atoms with Crippen LogP contribution in [0.2, 0.25) is 0 Å². The fourth-order valence-electron chi connectivity index (χ4n) is 1.81. The van der Waals surface area contributed by atoms with E-state index in [4.69, 9.17) is 5.11 Å². The van der Waals surface area contributed by atoms with Gasteiger partial charge in [0.25, 0.3) is 9.84 Å². The Labute approximate surface area is 108 Å². The number of hydrogen-bond acceptors (Lipinski definition) is 4. The Bertz CT molecular complexity index is 548. The molecular formula is C11H12F3NO3S. The van der Waals surface area contributed by atoms with Crippen LogP contribution in [0.15, 0.2) is 29.2 Å². The second-order valence-corrected chi connectivity index (χ2v) is 6.38. The summed E-state index contributed by atoms with van der Waals surface area (Å²) in [5.74, 6) is 0. The van der Waals surface area contributed by atoms with Crippen LogP contribution in [-0.2, 0) is 9.84 Å². The Morgan fingerprint density at radius 3 is 2.11 bits per heavy atom. The highest BCUT2D eigenvalue weighted by Crippen LogP contribution is 2.31. The summed E-state index contributed by atoms with van der Waals surface area (Å²) < 4.78 is 59.2. The first kappa shape index (κ1) is 14.1. The Kier molecular flexibility index (Phi) is 3.48. The van der Waals surface area contributed by atoms with E-state index in [-0.39, 0.29) is 12.1 Å². The zero-order valence-corrected chi connectivity index (χ0v) is 10.5. The van der Waals surface area contributed by atoms with Crippen LogP contribution in [0.4, 0.5) is 18.9 Å². The molecule has 0 unspecified atom stereocenters. The second kappa shape index (κ2) is 4.68. The van der Waals surface area contributed by atoms with Crippen LogP contribution in [0, 0.1) is 0 Å². The number of nitrogens with one attached hydrogen (secondary N) is 1. The van der Waals surface area contributed by atoms with E-state index < -0.39 is 20.2 Å². The molecule has 4 nitrogen and oxygen atoms in total. The molecule has 1 fully saturated rings. The highest BCUT2D eigenvalue weighted by molar-refractivity contribution is 7.92. The van der Waals surface area contributed by atoms with Gasteiger partial charge in [-0.1, -0.05) is 0 Å². The topological polar surface area (TPSA) is 66.4 Å². The van der Waals surface area contributed by atoms with E-state index in [0.29, 0.717) is 18.5 Å². The molecule has 0 aromatic heterocycles. The molecule has 1 aromatic carbocycles. The number of benzene rings is 1. The minimum Gasteiger partial charge on any atom is -0.393 e. The fourth-order valence-corrected chi connectivity index (χ4v) is 2.57. The SMILES string of the molecule is O=S(=O)(c1ccc(NC2CC(O)C2)cc1)C(F)(F)F. The number of aliphatic hydroxyl groups excluding tert-OH is 1. The lowest BCUT2D eigenvalue weighted by atomic mass is 9.89. The highest BCUT2D eigenvalue weighted by atomic mass is 32.2. The van der Waals surface area contributed by atoms with E-state index in [2.05, 4.69) is 5.32 Å². The molecule has 0 saturated heterocycles. The van der Waals surface area contributed by atoms with Crippen molar-refractivity contribution in [2.24, 2.45) is 0 Å². The zero-order chi connectivity index (χ0) is 14.3. The van der Waals surface area contributed by atoms with Gasteiger partial charge in [0.15, 0.2) is 0 Å². The Morgan fingerprint density at radius 2 is 1.68 bits per heavy atom. The van der Waals surface area contributed by atoms with Crippen molar-refractivity contribution in [2.45, 2.75) is 35.4 Å². The number of aliphatic hydroxyl groups is 1. The summed E-state index contributed by atoms with van der Waals surface area (Å²) in [6.07, 6.45) is 0.799. The minimum atomic E-state index is -5.29. The molecule has 1 aliphatic carbocycles. The summed E-state index contributed by atoms with van der Waals surface area (Å²) >= 11 is 0. The normalized spacial score (nSPS) is 23.8. The zero-order valence-electron chi connectivity index (χ0n) is 9.68. The molecule has 0 bridgehead atoms. The monoisotopic (exact) mass is 295 g/mol. The van der Waals surface area contributed by atoms with Crippen molar-refractivity contribution in [3.8, 4) is 0 Å². The largest absolute Gasteiger partial charge is 0.501 e. The molecule has 106 valence electrons. The number of rotatable bonds is 3. The molecule has 0 amide bonds. The fraction of sp³-hybridized carbons (Fsp3) is 0.455. The first-order chi connectivity index (χ1) is 8.70. The van der Waals surface area contributed by atoms with E-state index in [9.17, 15) is 21.6 Å². The van der Waals surface area contributed by atoms with Gasteiger partial charge in [-0.2, -0.15) is 13.2 Å². The molecule has 2 rings (SSSR count). The Balaban J connectivity index is 2.11. The standard InChI is InChI=1S/C11H12F3NO3S/c12-11(13,14)19(17,18)10-3-1-7(2-4-10)15-8-5-9(16)6-8/h1-4,8-9,15-16H,5-6H2. The van der Waals surface area contributed by atoms with Gasteiger partial charge in [-0.05, 0) is 37.1 Å². The van der Waals surface area contributed by atoms with Gasteiger partial charge in [0.1, 0.15) is 0 Å². The summed E-state index contributed by atoms with van der Waals surface area (Å²) in [5.41, 5.74) is -4.77. The smallest absolute Gasteiger partial charge is 0.393 e. The van der Waals surface area contributed by atoms with E-state index >= 15 is 0 Å². The number of anilines is 1. The number of hydrogen-bond donors (Lipinski definition) is 2. The van der Waals surface area contributed by atoms with Crippen molar-refractivity contribution >= 4 is 15.5 Å². The van der Waals surface area contributed by atoms with Crippen molar-refractivity contribution in [2.75, 3.05) is 5.32 Å². The van der Waals surface area contributed by atoms with Crippen LogP contribution in [0.3, 0.4) is 0 Å². The number of sulfone groups is 1. The summed E-state index contributed by atoms with van der Waals surface area (Å²) in [4.78, 5) is -0.779. The lowest BCUT2D eigenvalue weighted by molar-refractivity contribution is -0.0436. The van der Waals surface area contributed by atoms with Crippen LogP contribution in [0.5, 0.6) is 0 Å². The first-order valence-electron chi connectivity index (χ1n) is 5.56. The van der Waals surface area contributed by atoms with Crippen molar-refractivity contribution in [1.82, 2.24) is 0 Å². The minimum absolute atomic E-state index is 0.0695. The van der Waals surface area contributed by atoms with Crippen molar-refractivity contribution in [3.63, 3.8) is 0 Å². The molecule has 1 aliphatic rings. The third kappa shape index (κ3) is 2.84. The van der Waals surface area contributed by atoms with Gasteiger partial charge in [-0.15, -0.1) is 0 Å². The van der Waals surface area contributed by atoms with E-state index in [1.165, 1.54) is 12.1 Å². The van der Waals surface area contributed by atoms with Gasteiger partial charge in [-0.3, -0.25) is 0 Å². The molecule has 0 radical (unpaired) electrons. The summed E-state index contributed by atoms with van der Waals surface area (Å²) in [5, 5.41) is 12.1. The maximum Gasteiger partial charge on any atom is 0.501 e. The summed E-state index contributed by atoms with van der Waals surface area (Å²) in [7, 11) is -5.29.